The van der Waals surface area contributed by atoms with Gasteiger partial charge in [0.05, 0.1) is 7.11 Å². The third-order valence-electron chi connectivity index (χ3n) is 6.71. The summed E-state index contributed by atoms with van der Waals surface area (Å²) in [7, 11) is 1.62. The molecular weight excluding hydrogens is 470 g/mol. The summed E-state index contributed by atoms with van der Waals surface area (Å²) in [4.78, 5) is 38.0. The Hall–Kier alpha value is -4.14. The molecule has 2 aliphatic rings. The zero-order valence-electron chi connectivity index (χ0n) is 21.0. The van der Waals surface area contributed by atoms with Gasteiger partial charge in [-0.3, -0.25) is 9.59 Å². The highest BCUT2D eigenvalue weighted by Crippen LogP contribution is 2.33. The van der Waals surface area contributed by atoms with Crippen LogP contribution in [0.5, 0.6) is 11.6 Å². The Balaban J connectivity index is 1.31. The van der Waals surface area contributed by atoms with Gasteiger partial charge >= 0.3 is 0 Å². The number of hydrogen-bond acceptors (Lipinski definition) is 7. The van der Waals surface area contributed by atoms with Crippen molar-refractivity contribution in [1.82, 2.24) is 20.2 Å². The fourth-order valence-electron chi connectivity index (χ4n) is 4.68. The number of fused-ring (bicyclic) bond motifs is 1. The Kier molecular flexibility index (Phi) is 7.49. The van der Waals surface area contributed by atoms with E-state index >= 15 is 0 Å². The first-order valence-corrected chi connectivity index (χ1v) is 12.7. The number of aromatic nitrogens is 2. The standard InChI is InChI=1S/C28H31N5O4/c1-36-22-11-9-20(10-12-22)19-37-27-23(26(35)29-14-5-16-32-15-4-8-25(32)34)18-30-28(31-27)33-17-13-21-6-2-3-7-24(21)33/h2-3,6-7,9-12,18H,4-5,8,13-17,19H2,1H3,(H,29,35). The number of para-hydroxylation sites is 1. The lowest BCUT2D eigenvalue weighted by Crippen LogP contribution is -2.31. The predicted molar refractivity (Wildman–Crippen MR) is 139 cm³/mol. The SMILES string of the molecule is COc1ccc(COc2nc(N3CCc4ccccc43)ncc2C(=O)NCCCN2CCCC2=O)cc1. The van der Waals surface area contributed by atoms with Gasteiger partial charge in [-0.05, 0) is 48.6 Å². The maximum atomic E-state index is 13.1. The summed E-state index contributed by atoms with van der Waals surface area (Å²) >= 11 is 0. The molecule has 2 aliphatic heterocycles. The highest BCUT2D eigenvalue weighted by atomic mass is 16.5. The zero-order chi connectivity index (χ0) is 25.6. The molecule has 0 bridgehead atoms. The van der Waals surface area contributed by atoms with Crippen LogP contribution in [-0.4, -0.2) is 60.0 Å². The summed E-state index contributed by atoms with van der Waals surface area (Å²) in [5.41, 5.74) is 3.51. The van der Waals surface area contributed by atoms with Crippen LogP contribution in [0, 0.1) is 0 Å². The van der Waals surface area contributed by atoms with Crippen molar-refractivity contribution in [3.63, 3.8) is 0 Å². The van der Waals surface area contributed by atoms with Gasteiger partial charge in [0, 0.05) is 44.5 Å². The van der Waals surface area contributed by atoms with Crippen LogP contribution >= 0.6 is 0 Å². The highest BCUT2D eigenvalue weighted by Gasteiger charge is 2.25. The topological polar surface area (TPSA) is 96.9 Å². The van der Waals surface area contributed by atoms with Gasteiger partial charge in [-0.1, -0.05) is 30.3 Å². The summed E-state index contributed by atoms with van der Waals surface area (Å²) in [6.45, 7) is 2.89. The van der Waals surface area contributed by atoms with Crippen LogP contribution in [0.1, 0.15) is 40.7 Å². The summed E-state index contributed by atoms with van der Waals surface area (Å²) in [6.07, 6.45) is 4.65. The van der Waals surface area contributed by atoms with Gasteiger partial charge in [0.25, 0.3) is 5.91 Å². The van der Waals surface area contributed by atoms with E-state index in [-0.39, 0.29) is 29.9 Å². The number of likely N-dealkylation sites (tertiary alicyclic amines) is 1. The van der Waals surface area contributed by atoms with Crippen molar-refractivity contribution in [3.8, 4) is 11.6 Å². The Labute approximate surface area is 216 Å². The number of nitrogens with one attached hydrogen (secondary N) is 1. The number of anilines is 2. The van der Waals surface area contributed by atoms with Gasteiger partial charge in [-0.2, -0.15) is 4.98 Å². The molecule has 1 saturated heterocycles. The third kappa shape index (κ3) is 5.66. The Morgan fingerprint density at radius 1 is 1.08 bits per heavy atom. The lowest BCUT2D eigenvalue weighted by Gasteiger charge is -2.19. The van der Waals surface area contributed by atoms with Crippen LogP contribution in [0.15, 0.2) is 54.7 Å². The second-order valence-corrected chi connectivity index (χ2v) is 9.15. The molecule has 2 amide bonds. The number of carbonyl (C=O) groups excluding carboxylic acids is 2. The van der Waals surface area contributed by atoms with Crippen LogP contribution in [0.25, 0.3) is 0 Å². The molecule has 9 nitrogen and oxygen atoms in total. The molecule has 3 aromatic rings. The maximum absolute atomic E-state index is 13.1. The molecule has 0 unspecified atom stereocenters. The molecule has 37 heavy (non-hydrogen) atoms. The average molecular weight is 502 g/mol. The van der Waals surface area contributed by atoms with E-state index in [9.17, 15) is 9.59 Å². The molecule has 0 radical (unpaired) electrons. The quantitative estimate of drug-likeness (QED) is 0.425. The molecule has 9 heteroatoms. The fourth-order valence-corrected chi connectivity index (χ4v) is 4.68. The van der Waals surface area contributed by atoms with Crippen molar-refractivity contribution in [2.45, 2.75) is 32.3 Å². The zero-order valence-corrected chi connectivity index (χ0v) is 21.0. The Bertz CT molecular complexity index is 1260. The molecule has 0 atom stereocenters. The fraction of sp³-hybridized carbons (Fsp3) is 0.357. The second kappa shape index (κ2) is 11.3. The van der Waals surface area contributed by atoms with Gasteiger partial charge in [0.15, 0.2) is 0 Å². The minimum atomic E-state index is -0.300. The van der Waals surface area contributed by atoms with E-state index in [1.807, 2.05) is 46.2 Å². The average Bonchev–Trinajstić information content (AvgIpc) is 3.56. The Morgan fingerprint density at radius 3 is 2.70 bits per heavy atom. The van der Waals surface area contributed by atoms with E-state index in [1.54, 1.807) is 7.11 Å². The van der Waals surface area contributed by atoms with E-state index < -0.39 is 0 Å². The van der Waals surface area contributed by atoms with Crippen molar-refractivity contribution in [2.75, 3.05) is 38.2 Å². The lowest BCUT2D eigenvalue weighted by atomic mass is 10.2. The smallest absolute Gasteiger partial charge is 0.258 e. The van der Waals surface area contributed by atoms with Gasteiger partial charge < -0.3 is 24.6 Å². The van der Waals surface area contributed by atoms with Gasteiger partial charge in [-0.25, -0.2) is 4.98 Å². The largest absolute Gasteiger partial charge is 0.497 e. The van der Waals surface area contributed by atoms with E-state index in [4.69, 9.17) is 9.47 Å². The van der Waals surface area contributed by atoms with Crippen molar-refractivity contribution < 1.29 is 19.1 Å². The number of methoxy groups -OCH3 is 1. The molecule has 5 rings (SSSR count). The number of carbonyl (C=O) groups is 2. The first kappa shape index (κ1) is 24.5. The number of ether oxygens (including phenoxy) is 2. The maximum Gasteiger partial charge on any atom is 0.258 e. The van der Waals surface area contributed by atoms with Gasteiger partial charge in [-0.15, -0.1) is 0 Å². The van der Waals surface area contributed by atoms with Gasteiger partial charge in [0.1, 0.15) is 17.9 Å². The molecule has 1 fully saturated rings. The minimum absolute atomic E-state index is 0.188. The highest BCUT2D eigenvalue weighted by molar-refractivity contribution is 5.96. The normalized spacial score (nSPS) is 14.6. The van der Waals surface area contributed by atoms with Crippen LogP contribution in [0.2, 0.25) is 0 Å². The first-order valence-electron chi connectivity index (χ1n) is 12.7. The first-order chi connectivity index (χ1) is 18.1. The van der Waals surface area contributed by atoms with Crippen molar-refractivity contribution >= 4 is 23.5 Å². The van der Waals surface area contributed by atoms with Crippen molar-refractivity contribution in [2.24, 2.45) is 0 Å². The molecule has 0 aliphatic carbocycles. The van der Waals surface area contributed by atoms with Gasteiger partial charge in [0.2, 0.25) is 17.7 Å². The number of benzene rings is 2. The third-order valence-corrected chi connectivity index (χ3v) is 6.71. The predicted octanol–water partition coefficient (Wildman–Crippen LogP) is 3.50. The number of nitrogens with zero attached hydrogens (tertiary/aromatic N) is 4. The molecule has 2 aromatic carbocycles. The van der Waals surface area contributed by atoms with Crippen molar-refractivity contribution in [3.05, 3.63) is 71.4 Å². The van der Waals surface area contributed by atoms with Crippen molar-refractivity contribution in [1.29, 1.82) is 0 Å². The van der Waals surface area contributed by atoms with E-state index in [0.717, 1.165) is 42.9 Å². The summed E-state index contributed by atoms with van der Waals surface area (Å²) in [6, 6.07) is 15.7. The monoisotopic (exact) mass is 501 g/mol. The van der Waals surface area contributed by atoms with E-state index in [2.05, 4.69) is 27.4 Å². The summed E-state index contributed by atoms with van der Waals surface area (Å²) in [5.74, 6) is 1.38. The van der Waals surface area contributed by atoms with Crippen LogP contribution < -0.4 is 19.7 Å². The molecule has 3 heterocycles. The van der Waals surface area contributed by atoms with Crippen LogP contribution in [-0.2, 0) is 17.8 Å². The number of rotatable bonds is 10. The van der Waals surface area contributed by atoms with E-state index in [1.165, 1.54) is 11.8 Å². The minimum Gasteiger partial charge on any atom is -0.497 e. The summed E-state index contributed by atoms with van der Waals surface area (Å²) in [5, 5.41) is 2.93. The van der Waals surface area contributed by atoms with Crippen LogP contribution in [0.3, 0.4) is 0 Å². The molecular formula is C28H31N5O4. The number of amides is 2. The lowest BCUT2D eigenvalue weighted by molar-refractivity contribution is -0.127. The second-order valence-electron chi connectivity index (χ2n) is 9.15. The molecule has 1 N–H and O–H groups in total. The molecule has 0 spiro atoms. The Morgan fingerprint density at radius 2 is 1.92 bits per heavy atom. The van der Waals surface area contributed by atoms with E-state index in [0.29, 0.717) is 31.9 Å². The van der Waals surface area contributed by atoms with Crippen LogP contribution in [0.4, 0.5) is 11.6 Å². The molecule has 1 aromatic heterocycles. The summed E-state index contributed by atoms with van der Waals surface area (Å²) < 4.78 is 11.3. The molecule has 192 valence electrons. The molecule has 0 saturated carbocycles. The number of hydrogen-bond donors (Lipinski definition) is 1.